The van der Waals surface area contributed by atoms with Crippen molar-refractivity contribution < 1.29 is 5.11 Å². The Morgan fingerprint density at radius 3 is 2.68 bits per heavy atom. The summed E-state index contributed by atoms with van der Waals surface area (Å²) in [5, 5.41) is 19.4. The Kier molecular flexibility index (Phi) is 4.41. The fraction of sp³-hybridized carbons (Fsp3) is 0.522. The highest BCUT2D eigenvalue weighted by Crippen LogP contribution is 2.47. The van der Waals surface area contributed by atoms with Crippen LogP contribution in [0.25, 0.3) is 0 Å². The predicted octanol–water partition coefficient (Wildman–Crippen LogP) is 3.15. The first-order valence-electron chi connectivity index (χ1n) is 10.5. The van der Waals surface area contributed by atoms with Crippen molar-refractivity contribution in [1.82, 2.24) is 14.4 Å². The predicted molar refractivity (Wildman–Crippen MR) is 108 cm³/mol. The zero-order chi connectivity index (χ0) is 19.3. The molecule has 5 nitrogen and oxygen atoms in total. The average molecular weight is 377 g/mol. The quantitative estimate of drug-likeness (QED) is 0.891. The molecule has 4 aliphatic heterocycles. The summed E-state index contributed by atoms with van der Waals surface area (Å²) in [6, 6.07) is 13.4. The number of fused-ring (bicyclic) bond motifs is 2. The van der Waals surface area contributed by atoms with Gasteiger partial charge in [0.15, 0.2) is 0 Å². The summed E-state index contributed by atoms with van der Waals surface area (Å²) in [7, 11) is 0. The number of aromatic hydroxyl groups is 1. The van der Waals surface area contributed by atoms with Crippen LogP contribution in [-0.2, 0) is 13.1 Å². The van der Waals surface area contributed by atoms with E-state index < -0.39 is 0 Å². The minimum absolute atomic E-state index is 0.363. The lowest BCUT2D eigenvalue weighted by Crippen LogP contribution is -2.59. The first-order chi connectivity index (χ1) is 13.7. The maximum absolute atomic E-state index is 10.0. The molecule has 5 heterocycles. The second-order valence-corrected chi connectivity index (χ2v) is 8.62. The Labute approximate surface area is 166 Å². The molecule has 146 valence electrons. The normalized spacial score (nSPS) is 31.6. The lowest BCUT2D eigenvalue weighted by atomic mass is 9.75. The first kappa shape index (κ1) is 17.8. The maximum atomic E-state index is 10.0. The number of piperidine rings is 3. The van der Waals surface area contributed by atoms with Gasteiger partial charge >= 0.3 is 0 Å². The fourth-order valence-corrected chi connectivity index (χ4v) is 6.02. The molecule has 0 saturated carbocycles. The van der Waals surface area contributed by atoms with E-state index in [0.29, 0.717) is 23.8 Å². The molecule has 0 spiro atoms. The molecule has 5 heteroatoms. The molecule has 2 bridgehead atoms. The van der Waals surface area contributed by atoms with E-state index in [4.69, 9.17) is 0 Å². The van der Waals surface area contributed by atoms with Crippen LogP contribution in [0.1, 0.15) is 42.5 Å². The summed E-state index contributed by atoms with van der Waals surface area (Å²) in [4.78, 5) is 5.35. The number of likely N-dealkylation sites (tertiary alicyclic amines) is 1. The smallest absolute Gasteiger partial charge is 0.120 e. The van der Waals surface area contributed by atoms with E-state index in [1.54, 1.807) is 6.07 Å². The van der Waals surface area contributed by atoms with Crippen molar-refractivity contribution in [2.75, 3.05) is 19.6 Å². The van der Waals surface area contributed by atoms with Crippen LogP contribution in [0.3, 0.4) is 0 Å². The molecule has 0 amide bonds. The molecular formula is C23H28N4O. The number of nitriles is 1. The molecule has 3 atom stereocenters. The third-order valence-electron chi connectivity index (χ3n) is 7.19. The SMILES string of the molecule is CCn1cc(CN2C[C@@H](c3cccc(O)c3)[C@@H]3[C@H]2C2CCN3CC2)cc1C#N. The zero-order valence-corrected chi connectivity index (χ0v) is 16.5. The lowest BCUT2D eigenvalue weighted by molar-refractivity contribution is -0.00869. The highest BCUT2D eigenvalue weighted by atomic mass is 16.3. The Balaban J connectivity index is 1.47. The van der Waals surface area contributed by atoms with Gasteiger partial charge in [0, 0.05) is 43.8 Å². The van der Waals surface area contributed by atoms with E-state index in [1.807, 2.05) is 16.7 Å². The van der Waals surface area contributed by atoms with Crippen molar-refractivity contribution in [3.8, 4) is 11.8 Å². The van der Waals surface area contributed by atoms with Gasteiger partial charge in [-0.15, -0.1) is 0 Å². The van der Waals surface area contributed by atoms with Crippen molar-refractivity contribution in [1.29, 1.82) is 5.26 Å². The van der Waals surface area contributed by atoms with Gasteiger partial charge in [0.25, 0.3) is 0 Å². The number of rotatable bonds is 4. The van der Waals surface area contributed by atoms with Crippen molar-refractivity contribution in [3.63, 3.8) is 0 Å². The number of aromatic nitrogens is 1. The molecular weight excluding hydrogens is 348 g/mol. The van der Waals surface area contributed by atoms with Crippen LogP contribution in [-0.4, -0.2) is 51.2 Å². The standard InChI is InChI=1S/C23H28N4O/c1-2-25-13-16(10-19(25)12-24)14-27-15-21(18-4-3-5-20(28)11-18)23-22(27)17-6-8-26(23)9-7-17/h3-5,10-11,13,17,21-23,28H,2,6-9,14-15H2,1H3/t21-,22+,23+/m0/s1. The molecule has 1 aromatic carbocycles. The van der Waals surface area contributed by atoms with Gasteiger partial charge in [-0.25, -0.2) is 0 Å². The molecule has 0 aliphatic carbocycles. The second kappa shape index (κ2) is 6.95. The van der Waals surface area contributed by atoms with Gasteiger partial charge in [0.2, 0.25) is 0 Å². The van der Waals surface area contributed by atoms with Crippen LogP contribution in [0.15, 0.2) is 36.5 Å². The van der Waals surface area contributed by atoms with E-state index >= 15 is 0 Å². The summed E-state index contributed by atoms with van der Waals surface area (Å²) >= 11 is 0. The molecule has 4 aliphatic rings. The largest absolute Gasteiger partial charge is 0.508 e. The topological polar surface area (TPSA) is 55.4 Å². The Bertz CT molecular complexity index is 906. The van der Waals surface area contributed by atoms with Gasteiger partial charge in [0.05, 0.1) is 0 Å². The highest BCUT2D eigenvalue weighted by Gasteiger charge is 2.53. The van der Waals surface area contributed by atoms with E-state index in [9.17, 15) is 10.4 Å². The summed E-state index contributed by atoms with van der Waals surface area (Å²) < 4.78 is 2.05. The second-order valence-electron chi connectivity index (χ2n) is 8.62. The van der Waals surface area contributed by atoms with Gasteiger partial charge in [-0.2, -0.15) is 5.26 Å². The number of nitrogens with zero attached hydrogens (tertiary/aromatic N) is 4. The van der Waals surface area contributed by atoms with Crippen LogP contribution < -0.4 is 0 Å². The molecule has 0 unspecified atom stereocenters. The molecule has 6 rings (SSSR count). The summed E-state index contributed by atoms with van der Waals surface area (Å²) in [5.41, 5.74) is 3.26. The molecule has 4 saturated heterocycles. The number of aryl methyl sites for hydroxylation is 1. The van der Waals surface area contributed by atoms with Gasteiger partial charge in [0.1, 0.15) is 17.5 Å². The third kappa shape index (κ3) is 2.83. The summed E-state index contributed by atoms with van der Waals surface area (Å²) in [5.74, 6) is 1.56. The molecule has 2 aromatic rings. The van der Waals surface area contributed by atoms with Gasteiger partial charge in [-0.1, -0.05) is 12.1 Å². The number of phenolic OH excluding ortho intramolecular Hbond substituents is 1. The molecule has 1 aromatic heterocycles. The highest BCUT2D eigenvalue weighted by molar-refractivity contribution is 5.34. The van der Waals surface area contributed by atoms with E-state index in [2.05, 4.69) is 41.1 Å². The molecule has 1 N–H and O–H groups in total. The lowest BCUT2D eigenvalue weighted by Gasteiger charge is -2.51. The molecule has 4 fully saturated rings. The Morgan fingerprint density at radius 1 is 1.18 bits per heavy atom. The number of phenols is 1. The maximum Gasteiger partial charge on any atom is 0.120 e. The number of hydrogen-bond acceptors (Lipinski definition) is 4. The zero-order valence-electron chi connectivity index (χ0n) is 16.5. The van der Waals surface area contributed by atoms with Crippen LogP contribution in [0.4, 0.5) is 0 Å². The van der Waals surface area contributed by atoms with Crippen LogP contribution in [0, 0.1) is 17.2 Å². The van der Waals surface area contributed by atoms with Crippen molar-refractivity contribution in [3.05, 3.63) is 53.3 Å². The van der Waals surface area contributed by atoms with Crippen molar-refractivity contribution in [2.24, 2.45) is 5.92 Å². The van der Waals surface area contributed by atoms with Crippen LogP contribution >= 0.6 is 0 Å². The minimum atomic E-state index is 0.363. The fourth-order valence-electron chi connectivity index (χ4n) is 6.02. The Hall–Kier alpha value is -2.29. The van der Waals surface area contributed by atoms with Crippen molar-refractivity contribution in [2.45, 2.75) is 50.9 Å². The summed E-state index contributed by atoms with van der Waals surface area (Å²) in [6.45, 7) is 7.26. The number of benzene rings is 1. The van der Waals surface area contributed by atoms with Gasteiger partial charge in [-0.05, 0) is 68.1 Å². The monoisotopic (exact) mass is 376 g/mol. The van der Waals surface area contributed by atoms with Crippen LogP contribution in [0.5, 0.6) is 5.75 Å². The Morgan fingerprint density at radius 2 is 2.00 bits per heavy atom. The molecule has 28 heavy (non-hydrogen) atoms. The van der Waals surface area contributed by atoms with E-state index in [1.165, 1.54) is 37.1 Å². The molecule has 0 radical (unpaired) electrons. The first-order valence-corrected chi connectivity index (χ1v) is 10.5. The third-order valence-corrected chi connectivity index (χ3v) is 7.19. The minimum Gasteiger partial charge on any atom is -0.508 e. The number of hydrogen-bond donors (Lipinski definition) is 1. The van der Waals surface area contributed by atoms with Crippen LogP contribution in [0.2, 0.25) is 0 Å². The van der Waals surface area contributed by atoms with Crippen molar-refractivity contribution >= 4 is 0 Å². The van der Waals surface area contributed by atoms with E-state index in [0.717, 1.165) is 31.2 Å². The summed E-state index contributed by atoms with van der Waals surface area (Å²) in [6.07, 6.45) is 4.74. The average Bonchev–Trinajstić information content (AvgIpc) is 3.31. The van der Waals surface area contributed by atoms with Gasteiger partial charge in [-0.3, -0.25) is 9.80 Å². The van der Waals surface area contributed by atoms with Gasteiger partial charge < -0.3 is 9.67 Å². The van der Waals surface area contributed by atoms with E-state index in [-0.39, 0.29) is 0 Å².